The lowest BCUT2D eigenvalue weighted by molar-refractivity contribution is 0.682. The number of H-pyrrole nitrogens is 1. The van der Waals surface area contributed by atoms with Gasteiger partial charge in [-0.2, -0.15) is 5.26 Å². The summed E-state index contributed by atoms with van der Waals surface area (Å²) in [6, 6.07) is 12.8. The van der Waals surface area contributed by atoms with Crippen molar-refractivity contribution in [2.24, 2.45) is 0 Å². The Morgan fingerprint density at radius 3 is 2.88 bits per heavy atom. The number of nitriles is 1. The summed E-state index contributed by atoms with van der Waals surface area (Å²) >= 11 is 0. The minimum absolute atomic E-state index is 0.526. The van der Waals surface area contributed by atoms with Gasteiger partial charge in [0.2, 0.25) is 0 Å². The third-order valence-corrected chi connectivity index (χ3v) is 5.13. The lowest BCUT2D eigenvalue weighted by Crippen LogP contribution is -2.33. The van der Waals surface area contributed by atoms with Crippen LogP contribution in [0.2, 0.25) is 0 Å². The molecule has 0 saturated carbocycles. The molecule has 1 unspecified atom stereocenters. The zero-order chi connectivity index (χ0) is 17.4. The number of fused-ring (bicyclic) bond motifs is 1. The van der Waals surface area contributed by atoms with Gasteiger partial charge in [0, 0.05) is 36.8 Å². The molecule has 0 spiro atoms. The summed E-state index contributed by atoms with van der Waals surface area (Å²) in [7, 11) is 2.15. The van der Waals surface area contributed by atoms with Crippen LogP contribution in [0.25, 0.3) is 22.2 Å². The molecule has 0 bridgehead atoms. The number of benzene rings is 1. The number of pyridine rings is 1. The molecule has 126 valence electrons. The number of likely N-dealkylation sites (N-methyl/N-ethyl adjacent to an activating group) is 1. The summed E-state index contributed by atoms with van der Waals surface area (Å²) in [5, 5.41) is 13.7. The fraction of sp³-hybridized carbons (Fsp3) is 0.300. The van der Waals surface area contributed by atoms with E-state index < -0.39 is 0 Å². The second-order valence-electron chi connectivity index (χ2n) is 6.60. The van der Waals surface area contributed by atoms with E-state index in [-0.39, 0.29) is 0 Å². The number of nitrogens with one attached hydrogen (secondary N) is 2. The number of hydrogen-bond acceptors (Lipinski definition) is 4. The van der Waals surface area contributed by atoms with E-state index in [2.05, 4.69) is 47.4 Å². The van der Waals surface area contributed by atoms with Gasteiger partial charge in [-0.1, -0.05) is 12.1 Å². The van der Waals surface area contributed by atoms with E-state index in [0.29, 0.717) is 11.6 Å². The lowest BCUT2D eigenvalue weighted by atomic mass is 10.1. The van der Waals surface area contributed by atoms with Crippen LogP contribution in [0.15, 0.2) is 36.5 Å². The fourth-order valence-corrected chi connectivity index (χ4v) is 3.70. The second kappa shape index (κ2) is 6.23. The Kier molecular flexibility index (Phi) is 3.90. The van der Waals surface area contributed by atoms with Crippen LogP contribution in [0.5, 0.6) is 0 Å². The molecule has 25 heavy (non-hydrogen) atoms. The first kappa shape index (κ1) is 15.7. The normalized spacial score (nSPS) is 16.9. The van der Waals surface area contributed by atoms with Crippen molar-refractivity contribution in [3.05, 3.63) is 47.8 Å². The molecular formula is C20H21N5. The molecule has 2 N–H and O–H groups in total. The van der Waals surface area contributed by atoms with Gasteiger partial charge < -0.3 is 15.2 Å². The van der Waals surface area contributed by atoms with Crippen molar-refractivity contribution in [1.29, 1.82) is 5.26 Å². The van der Waals surface area contributed by atoms with E-state index in [1.165, 1.54) is 5.69 Å². The Morgan fingerprint density at radius 1 is 1.28 bits per heavy atom. The summed E-state index contributed by atoms with van der Waals surface area (Å²) in [4.78, 5) is 10.4. The SMILES string of the molecule is Cc1nc(-c2c[nH]c3c(C#N)cccc23)ccc1N(C)C1CCNC1. The number of anilines is 1. The van der Waals surface area contributed by atoms with Crippen LogP contribution in [0.4, 0.5) is 5.69 Å². The molecular weight excluding hydrogens is 310 g/mol. The molecule has 1 saturated heterocycles. The third-order valence-electron chi connectivity index (χ3n) is 5.13. The molecule has 4 rings (SSSR count). The van der Waals surface area contributed by atoms with Gasteiger partial charge in [-0.05, 0) is 38.1 Å². The average molecular weight is 331 g/mol. The quantitative estimate of drug-likeness (QED) is 0.773. The Bertz CT molecular complexity index is 960. The van der Waals surface area contributed by atoms with Gasteiger partial charge in [0.1, 0.15) is 6.07 Å². The van der Waals surface area contributed by atoms with E-state index in [0.717, 1.165) is 47.4 Å². The largest absolute Gasteiger partial charge is 0.369 e. The molecule has 2 aromatic heterocycles. The van der Waals surface area contributed by atoms with Gasteiger partial charge in [0.25, 0.3) is 0 Å². The number of aromatic amines is 1. The Morgan fingerprint density at radius 2 is 2.16 bits per heavy atom. The highest BCUT2D eigenvalue weighted by Gasteiger charge is 2.21. The maximum Gasteiger partial charge on any atom is 0.101 e. The van der Waals surface area contributed by atoms with E-state index in [1.54, 1.807) is 0 Å². The summed E-state index contributed by atoms with van der Waals surface area (Å²) in [5.41, 5.74) is 5.70. The van der Waals surface area contributed by atoms with Gasteiger partial charge >= 0.3 is 0 Å². The number of rotatable bonds is 3. The van der Waals surface area contributed by atoms with E-state index in [1.807, 2.05) is 24.4 Å². The average Bonchev–Trinajstić information content (AvgIpc) is 3.30. The van der Waals surface area contributed by atoms with Crippen LogP contribution >= 0.6 is 0 Å². The molecule has 3 heterocycles. The Balaban J connectivity index is 1.73. The maximum absolute atomic E-state index is 9.26. The molecule has 5 nitrogen and oxygen atoms in total. The summed E-state index contributed by atoms with van der Waals surface area (Å²) in [5.74, 6) is 0. The van der Waals surface area contributed by atoms with Gasteiger partial charge in [-0.25, -0.2) is 0 Å². The molecule has 0 aliphatic carbocycles. The number of aromatic nitrogens is 2. The molecule has 1 fully saturated rings. The van der Waals surface area contributed by atoms with Gasteiger partial charge in [-0.15, -0.1) is 0 Å². The highest BCUT2D eigenvalue weighted by Crippen LogP contribution is 2.31. The van der Waals surface area contributed by atoms with Crippen LogP contribution in [-0.2, 0) is 0 Å². The van der Waals surface area contributed by atoms with Crippen LogP contribution in [-0.4, -0.2) is 36.1 Å². The van der Waals surface area contributed by atoms with Gasteiger partial charge in [0.15, 0.2) is 0 Å². The van der Waals surface area contributed by atoms with E-state index in [9.17, 15) is 5.26 Å². The molecule has 5 heteroatoms. The second-order valence-corrected chi connectivity index (χ2v) is 6.60. The third kappa shape index (κ3) is 2.65. The Labute approximate surface area is 147 Å². The van der Waals surface area contributed by atoms with Crippen molar-refractivity contribution in [1.82, 2.24) is 15.3 Å². The minimum Gasteiger partial charge on any atom is -0.369 e. The topological polar surface area (TPSA) is 67.7 Å². The number of para-hydroxylation sites is 1. The molecule has 1 aromatic carbocycles. The predicted octanol–water partition coefficient (Wildman–Crippen LogP) is 3.21. The zero-order valence-electron chi connectivity index (χ0n) is 14.5. The lowest BCUT2D eigenvalue weighted by Gasteiger charge is -2.27. The van der Waals surface area contributed by atoms with Crippen molar-refractivity contribution in [2.45, 2.75) is 19.4 Å². The summed E-state index contributed by atoms with van der Waals surface area (Å²) in [6.45, 7) is 4.17. The minimum atomic E-state index is 0.526. The van der Waals surface area contributed by atoms with Crippen molar-refractivity contribution < 1.29 is 0 Å². The van der Waals surface area contributed by atoms with Crippen molar-refractivity contribution in [3.8, 4) is 17.3 Å². The summed E-state index contributed by atoms with van der Waals surface area (Å²) < 4.78 is 0. The van der Waals surface area contributed by atoms with Crippen LogP contribution in [0, 0.1) is 18.3 Å². The molecule has 0 radical (unpaired) electrons. The monoisotopic (exact) mass is 331 g/mol. The first-order valence-electron chi connectivity index (χ1n) is 8.61. The molecule has 1 aliphatic rings. The van der Waals surface area contributed by atoms with Gasteiger partial charge in [-0.3, -0.25) is 4.98 Å². The first-order chi connectivity index (χ1) is 12.2. The molecule has 1 aliphatic heterocycles. The van der Waals surface area contributed by atoms with Crippen molar-refractivity contribution in [3.63, 3.8) is 0 Å². The highest BCUT2D eigenvalue weighted by atomic mass is 15.2. The fourth-order valence-electron chi connectivity index (χ4n) is 3.70. The summed E-state index contributed by atoms with van der Waals surface area (Å²) in [6.07, 6.45) is 3.11. The highest BCUT2D eigenvalue weighted by molar-refractivity contribution is 5.97. The smallest absolute Gasteiger partial charge is 0.101 e. The maximum atomic E-state index is 9.26. The standard InChI is InChI=1S/C20H21N5/c1-13-19(25(2)15-8-9-22-11-15)7-6-18(24-13)17-12-23-20-14(10-21)4-3-5-16(17)20/h3-7,12,15,22-23H,8-9,11H2,1-2H3. The molecule has 1 atom stereocenters. The van der Waals surface area contributed by atoms with Crippen LogP contribution in [0.3, 0.4) is 0 Å². The number of hydrogen-bond donors (Lipinski definition) is 2. The van der Waals surface area contributed by atoms with Gasteiger partial charge in [0.05, 0.1) is 28.2 Å². The molecule has 3 aromatic rings. The number of nitrogens with zero attached hydrogens (tertiary/aromatic N) is 3. The first-order valence-corrected chi connectivity index (χ1v) is 8.61. The van der Waals surface area contributed by atoms with E-state index >= 15 is 0 Å². The molecule has 0 amide bonds. The van der Waals surface area contributed by atoms with Crippen molar-refractivity contribution in [2.75, 3.05) is 25.0 Å². The van der Waals surface area contributed by atoms with Crippen LogP contribution in [0.1, 0.15) is 17.7 Å². The Hall–Kier alpha value is -2.84. The predicted molar refractivity (Wildman–Crippen MR) is 101 cm³/mol. The van der Waals surface area contributed by atoms with E-state index in [4.69, 9.17) is 4.98 Å². The number of aryl methyl sites for hydroxylation is 1. The zero-order valence-corrected chi connectivity index (χ0v) is 14.5. The van der Waals surface area contributed by atoms with Crippen molar-refractivity contribution >= 4 is 16.6 Å². The van der Waals surface area contributed by atoms with Crippen LogP contribution < -0.4 is 10.2 Å².